The largest absolute Gasteiger partial charge is 0.534 e. The number of nitro benzene ring substituents is 1. The predicted molar refractivity (Wildman–Crippen MR) is 99.5 cm³/mol. The highest BCUT2D eigenvalue weighted by atomic mass is 32.2. The van der Waals surface area contributed by atoms with E-state index in [4.69, 9.17) is 4.74 Å². The smallest absolute Gasteiger partial charge is 0.381 e. The standard InChI is InChI=1S/C19H16F3NO6S/c1-12(29-30(26,27)19(20,21)22)15-11-17(13-7-3-2-4-8-13)28-18(15)14-9-5-6-10-16(14)23(24)25/h2-10,17-18H,11H2,1H3/t17-,18-/m1/s1. The zero-order chi connectivity index (χ0) is 22.1. The zero-order valence-corrected chi connectivity index (χ0v) is 16.3. The van der Waals surface area contributed by atoms with Crippen LogP contribution in [0.2, 0.25) is 0 Å². The molecule has 30 heavy (non-hydrogen) atoms. The van der Waals surface area contributed by atoms with Gasteiger partial charge in [0.2, 0.25) is 0 Å². The molecule has 0 radical (unpaired) electrons. The maximum atomic E-state index is 12.8. The summed E-state index contributed by atoms with van der Waals surface area (Å²) in [4.78, 5) is 10.8. The predicted octanol–water partition coefficient (Wildman–Crippen LogP) is 4.94. The Morgan fingerprint density at radius 2 is 1.73 bits per heavy atom. The van der Waals surface area contributed by atoms with Crippen molar-refractivity contribution < 1.29 is 35.4 Å². The summed E-state index contributed by atoms with van der Waals surface area (Å²) >= 11 is 0. The molecule has 1 heterocycles. The van der Waals surface area contributed by atoms with Crippen molar-refractivity contribution in [1.82, 2.24) is 0 Å². The van der Waals surface area contributed by atoms with Crippen molar-refractivity contribution in [1.29, 1.82) is 0 Å². The number of nitrogens with zero attached hydrogens (tertiary/aromatic N) is 1. The quantitative estimate of drug-likeness (QED) is 0.214. The molecule has 0 amide bonds. The number of hydrogen-bond donors (Lipinski definition) is 0. The summed E-state index contributed by atoms with van der Waals surface area (Å²) in [6.07, 6.45) is -1.81. The molecule has 2 aromatic carbocycles. The summed E-state index contributed by atoms with van der Waals surface area (Å²) in [5.74, 6) is -0.533. The van der Waals surface area contributed by atoms with E-state index in [1.807, 2.05) is 0 Å². The molecular formula is C19H16F3NO6S. The van der Waals surface area contributed by atoms with Crippen LogP contribution in [0.4, 0.5) is 18.9 Å². The van der Waals surface area contributed by atoms with Crippen LogP contribution in [-0.2, 0) is 19.0 Å². The van der Waals surface area contributed by atoms with Crippen molar-refractivity contribution in [3.05, 3.63) is 87.2 Å². The van der Waals surface area contributed by atoms with Gasteiger partial charge in [-0.05, 0) is 18.6 Å². The van der Waals surface area contributed by atoms with Crippen molar-refractivity contribution in [2.45, 2.75) is 31.1 Å². The lowest BCUT2D eigenvalue weighted by Crippen LogP contribution is -2.25. The highest BCUT2D eigenvalue weighted by Gasteiger charge is 2.49. The maximum Gasteiger partial charge on any atom is 0.534 e. The molecule has 11 heteroatoms. The number of rotatable bonds is 5. The molecule has 0 bridgehead atoms. The first-order valence-corrected chi connectivity index (χ1v) is 10.1. The second-order valence-electron chi connectivity index (χ2n) is 6.50. The third-order valence-corrected chi connectivity index (χ3v) is 5.62. The van der Waals surface area contributed by atoms with Gasteiger partial charge in [0.05, 0.1) is 16.6 Å². The van der Waals surface area contributed by atoms with Gasteiger partial charge >= 0.3 is 15.6 Å². The second-order valence-corrected chi connectivity index (χ2v) is 8.04. The van der Waals surface area contributed by atoms with Crippen molar-refractivity contribution in [3.63, 3.8) is 0 Å². The van der Waals surface area contributed by atoms with Gasteiger partial charge in [0.25, 0.3) is 5.69 Å². The lowest BCUT2D eigenvalue weighted by atomic mass is 9.96. The highest BCUT2D eigenvalue weighted by molar-refractivity contribution is 7.87. The molecule has 0 saturated carbocycles. The van der Waals surface area contributed by atoms with Crippen LogP contribution in [0.5, 0.6) is 0 Å². The molecule has 0 unspecified atom stereocenters. The van der Waals surface area contributed by atoms with E-state index in [2.05, 4.69) is 4.18 Å². The van der Waals surface area contributed by atoms with E-state index in [0.717, 1.165) is 6.92 Å². The number of allylic oxidation sites excluding steroid dienone is 1. The van der Waals surface area contributed by atoms with E-state index < -0.39 is 38.5 Å². The van der Waals surface area contributed by atoms with Gasteiger partial charge < -0.3 is 8.92 Å². The van der Waals surface area contributed by atoms with E-state index in [1.165, 1.54) is 24.3 Å². The fourth-order valence-electron chi connectivity index (χ4n) is 3.20. The van der Waals surface area contributed by atoms with Crippen LogP contribution in [0.1, 0.15) is 36.7 Å². The number of hydrogen-bond acceptors (Lipinski definition) is 6. The van der Waals surface area contributed by atoms with Crippen LogP contribution in [0, 0.1) is 10.1 Å². The molecule has 1 aliphatic heterocycles. The van der Waals surface area contributed by atoms with Crippen LogP contribution < -0.4 is 0 Å². The topological polar surface area (TPSA) is 95.7 Å². The first-order chi connectivity index (χ1) is 14.0. The van der Waals surface area contributed by atoms with Crippen molar-refractivity contribution in [2.75, 3.05) is 0 Å². The van der Waals surface area contributed by atoms with Gasteiger partial charge in [0.1, 0.15) is 11.9 Å². The van der Waals surface area contributed by atoms with Gasteiger partial charge in [-0.25, -0.2) is 0 Å². The molecule has 2 aromatic rings. The summed E-state index contributed by atoms with van der Waals surface area (Å²) in [6, 6.07) is 14.3. The number of ether oxygens (including phenoxy) is 1. The summed E-state index contributed by atoms with van der Waals surface area (Å²) in [7, 11) is -5.90. The Kier molecular flexibility index (Phi) is 5.86. The van der Waals surface area contributed by atoms with E-state index in [1.54, 1.807) is 30.3 Å². The Morgan fingerprint density at radius 3 is 2.33 bits per heavy atom. The van der Waals surface area contributed by atoms with Gasteiger partial charge in [-0.3, -0.25) is 10.1 Å². The summed E-state index contributed by atoms with van der Waals surface area (Å²) in [5.41, 5.74) is -5.07. The van der Waals surface area contributed by atoms with Gasteiger partial charge in [0, 0.05) is 18.1 Å². The second kappa shape index (κ2) is 8.07. The Balaban J connectivity index is 2.09. The third kappa shape index (κ3) is 4.31. The normalized spacial score (nSPS) is 21.3. The van der Waals surface area contributed by atoms with E-state index in [9.17, 15) is 31.7 Å². The fourth-order valence-corrected chi connectivity index (χ4v) is 3.73. The summed E-state index contributed by atoms with van der Waals surface area (Å²) in [5, 5.41) is 11.4. The monoisotopic (exact) mass is 443 g/mol. The summed E-state index contributed by atoms with van der Waals surface area (Å²) in [6.45, 7) is 1.07. The van der Waals surface area contributed by atoms with Crippen LogP contribution in [0.15, 0.2) is 65.9 Å². The average Bonchev–Trinajstić information content (AvgIpc) is 3.13. The maximum absolute atomic E-state index is 12.8. The van der Waals surface area contributed by atoms with Crippen LogP contribution in [0.25, 0.3) is 0 Å². The average molecular weight is 443 g/mol. The Hall–Kier alpha value is -2.92. The lowest BCUT2D eigenvalue weighted by molar-refractivity contribution is -0.386. The first kappa shape index (κ1) is 21.8. The minimum atomic E-state index is -5.90. The van der Waals surface area contributed by atoms with E-state index in [0.29, 0.717) is 5.56 Å². The number of para-hydroxylation sites is 1. The molecule has 2 atom stereocenters. The summed E-state index contributed by atoms with van der Waals surface area (Å²) < 4.78 is 71.4. The number of nitro groups is 1. The molecule has 0 spiro atoms. The Labute approximate surface area is 170 Å². The van der Waals surface area contributed by atoms with Crippen molar-refractivity contribution in [2.24, 2.45) is 0 Å². The number of halogens is 3. The van der Waals surface area contributed by atoms with Crippen LogP contribution >= 0.6 is 0 Å². The van der Waals surface area contributed by atoms with Crippen LogP contribution in [-0.4, -0.2) is 18.8 Å². The van der Waals surface area contributed by atoms with Gasteiger partial charge in [-0.2, -0.15) is 21.6 Å². The van der Waals surface area contributed by atoms with Crippen molar-refractivity contribution >= 4 is 15.8 Å². The number of alkyl halides is 3. The molecule has 3 rings (SSSR count). The SMILES string of the molecule is CC(OS(=O)(=O)C(F)(F)F)=C1C[C@H](c2ccccc2)O[C@@H]1c1ccccc1[N+](=O)[O-]. The van der Waals surface area contributed by atoms with E-state index >= 15 is 0 Å². The molecule has 160 valence electrons. The number of benzene rings is 2. The molecule has 0 aliphatic carbocycles. The Morgan fingerprint density at radius 1 is 1.13 bits per heavy atom. The molecule has 0 N–H and O–H groups in total. The van der Waals surface area contributed by atoms with Crippen LogP contribution in [0.3, 0.4) is 0 Å². The van der Waals surface area contributed by atoms with E-state index in [-0.39, 0.29) is 23.2 Å². The van der Waals surface area contributed by atoms with Crippen molar-refractivity contribution in [3.8, 4) is 0 Å². The van der Waals surface area contributed by atoms with Gasteiger partial charge in [-0.15, -0.1) is 0 Å². The molecule has 7 nitrogen and oxygen atoms in total. The minimum absolute atomic E-state index is 0.0000605. The minimum Gasteiger partial charge on any atom is -0.381 e. The van der Waals surface area contributed by atoms with Gasteiger partial charge in [-0.1, -0.05) is 42.5 Å². The molecular weight excluding hydrogens is 427 g/mol. The Bertz CT molecular complexity index is 1080. The lowest BCUT2D eigenvalue weighted by Gasteiger charge is -2.17. The fraction of sp³-hybridized carbons (Fsp3) is 0.263. The highest BCUT2D eigenvalue weighted by Crippen LogP contribution is 2.48. The molecule has 0 aromatic heterocycles. The third-order valence-electron chi connectivity index (χ3n) is 4.58. The first-order valence-electron chi connectivity index (χ1n) is 8.65. The zero-order valence-electron chi connectivity index (χ0n) is 15.5. The molecule has 1 aliphatic rings. The van der Waals surface area contributed by atoms with Gasteiger partial charge in [0.15, 0.2) is 0 Å². The molecule has 1 saturated heterocycles. The molecule has 1 fully saturated rings.